The fraction of sp³-hybridized carbons (Fsp3) is 0.263. The van der Waals surface area contributed by atoms with Crippen molar-refractivity contribution in [3.8, 4) is 0 Å². The van der Waals surface area contributed by atoms with E-state index in [9.17, 15) is 4.79 Å². The van der Waals surface area contributed by atoms with Crippen LogP contribution in [0.2, 0.25) is 0 Å². The molecule has 0 saturated carbocycles. The summed E-state index contributed by atoms with van der Waals surface area (Å²) in [6.07, 6.45) is 1.79. The number of likely N-dealkylation sites (tertiary alicyclic amines) is 1. The third kappa shape index (κ3) is 3.59. The van der Waals surface area contributed by atoms with Crippen LogP contribution in [0.3, 0.4) is 0 Å². The van der Waals surface area contributed by atoms with Crippen molar-refractivity contribution < 1.29 is 4.79 Å². The van der Waals surface area contributed by atoms with Crippen LogP contribution >= 0.6 is 0 Å². The number of benzene rings is 2. The summed E-state index contributed by atoms with van der Waals surface area (Å²) in [5.74, 6) is 0.422. The molecular weight excluding hydrogens is 258 g/mol. The molecule has 1 aliphatic rings. The first-order valence-electron chi connectivity index (χ1n) is 7.53. The average Bonchev–Trinajstić information content (AvgIpc) is 2.57. The van der Waals surface area contributed by atoms with Crippen molar-refractivity contribution in [1.82, 2.24) is 4.90 Å². The number of carbonyl (C=O) groups is 1. The number of hydrogen-bond acceptors (Lipinski definition) is 2. The van der Waals surface area contributed by atoms with Crippen molar-refractivity contribution in [2.45, 2.75) is 19.4 Å². The smallest absolute Gasteiger partial charge is 0.163 e. The molecule has 0 bridgehead atoms. The highest BCUT2D eigenvalue weighted by Gasteiger charge is 2.20. The van der Waals surface area contributed by atoms with Crippen molar-refractivity contribution in [3.05, 3.63) is 78.3 Å². The molecule has 3 rings (SSSR count). The number of rotatable bonds is 4. The summed E-state index contributed by atoms with van der Waals surface area (Å²) in [4.78, 5) is 14.7. The summed E-state index contributed by atoms with van der Waals surface area (Å²) in [5, 5.41) is 0. The topological polar surface area (TPSA) is 20.3 Å². The van der Waals surface area contributed by atoms with Gasteiger partial charge in [0.2, 0.25) is 0 Å². The van der Waals surface area contributed by atoms with Crippen molar-refractivity contribution in [1.29, 1.82) is 0 Å². The molecule has 0 spiro atoms. The molecule has 21 heavy (non-hydrogen) atoms. The first-order valence-corrected chi connectivity index (χ1v) is 7.53. The second kappa shape index (κ2) is 6.68. The van der Waals surface area contributed by atoms with E-state index < -0.39 is 0 Å². The first-order chi connectivity index (χ1) is 10.3. The number of hydrogen-bond donors (Lipinski definition) is 0. The summed E-state index contributed by atoms with van der Waals surface area (Å²) < 4.78 is 0. The lowest BCUT2D eigenvalue weighted by Crippen LogP contribution is -2.32. The summed E-state index contributed by atoms with van der Waals surface area (Å²) in [6.45, 7) is 4.09. The number of nitrogens with zero attached hydrogens (tertiary/aromatic N) is 1. The summed E-state index contributed by atoms with van der Waals surface area (Å²) in [6, 6.07) is 20.1. The van der Waals surface area contributed by atoms with Gasteiger partial charge >= 0.3 is 0 Å². The highest BCUT2D eigenvalue weighted by molar-refractivity contribution is 5.97. The van der Waals surface area contributed by atoms with Gasteiger partial charge < -0.3 is 4.90 Å². The van der Waals surface area contributed by atoms with Gasteiger partial charge in [-0.1, -0.05) is 60.7 Å². The van der Waals surface area contributed by atoms with Crippen molar-refractivity contribution in [3.63, 3.8) is 0 Å². The van der Waals surface area contributed by atoms with E-state index in [1.54, 1.807) is 0 Å². The van der Waals surface area contributed by atoms with E-state index in [0.717, 1.165) is 31.5 Å². The zero-order chi connectivity index (χ0) is 14.5. The van der Waals surface area contributed by atoms with E-state index in [4.69, 9.17) is 0 Å². The number of Topliss-reactive ketones (excluding diaryl/α,β-unsaturated/α-hetero) is 1. The van der Waals surface area contributed by atoms with Gasteiger partial charge in [-0.05, 0) is 31.0 Å². The molecule has 1 atom stereocenters. The highest BCUT2D eigenvalue weighted by atomic mass is 16.1. The molecule has 0 aromatic heterocycles. The largest absolute Gasteiger partial charge is 0.453 e. The van der Waals surface area contributed by atoms with Crippen molar-refractivity contribution in [2.24, 2.45) is 5.92 Å². The Kier molecular flexibility index (Phi) is 4.46. The van der Waals surface area contributed by atoms with Crippen LogP contribution in [0.25, 0.3) is 0 Å². The van der Waals surface area contributed by atoms with Gasteiger partial charge in [0.1, 0.15) is 0 Å². The molecule has 1 heterocycles. The van der Waals surface area contributed by atoms with Crippen LogP contribution in [-0.2, 0) is 6.54 Å². The molecule has 0 radical (unpaired) electrons. The Hall–Kier alpha value is -1.93. The Bertz CT molecular complexity index is 571. The standard InChI is InChI=1S/C19H20NO/c21-19(17-9-5-2-6-10-17)18-11-13-20(14-12-18)15-16-7-3-1-4-8-16/h1-10,13,18H,11-12,14-15H2/q-1. The lowest BCUT2D eigenvalue weighted by molar-refractivity contribution is 0.0868. The fourth-order valence-electron chi connectivity index (χ4n) is 2.84. The third-order valence-corrected chi connectivity index (χ3v) is 4.07. The fourth-order valence-corrected chi connectivity index (χ4v) is 2.84. The summed E-state index contributed by atoms with van der Waals surface area (Å²) in [7, 11) is 0. The summed E-state index contributed by atoms with van der Waals surface area (Å²) in [5.41, 5.74) is 2.16. The van der Waals surface area contributed by atoms with Crippen LogP contribution < -0.4 is 0 Å². The predicted molar refractivity (Wildman–Crippen MR) is 84.6 cm³/mol. The predicted octanol–water partition coefficient (Wildman–Crippen LogP) is 3.94. The van der Waals surface area contributed by atoms with Crippen molar-refractivity contribution >= 4 is 5.78 Å². The van der Waals surface area contributed by atoms with Crippen LogP contribution in [-0.4, -0.2) is 17.2 Å². The van der Waals surface area contributed by atoms with Gasteiger partial charge in [0.05, 0.1) is 0 Å². The van der Waals surface area contributed by atoms with E-state index in [-0.39, 0.29) is 11.7 Å². The molecular formula is C19H20NO-. The van der Waals surface area contributed by atoms with Crippen LogP contribution in [0.5, 0.6) is 0 Å². The number of ketones is 1. The summed E-state index contributed by atoms with van der Waals surface area (Å²) >= 11 is 0. The minimum Gasteiger partial charge on any atom is -0.453 e. The Morgan fingerprint density at radius 3 is 2.33 bits per heavy atom. The second-order valence-corrected chi connectivity index (χ2v) is 5.59. The Balaban J connectivity index is 1.54. The van der Waals surface area contributed by atoms with Gasteiger partial charge in [0, 0.05) is 5.56 Å². The van der Waals surface area contributed by atoms with Gasteiger partial charge in [0.15, 0.2) is 5.78 Å². The van der Waals surface area contributed by atoms with Crippen LogP contribution in [0, 0.1) is 12.5 Å². The Morgan fingerprint density at radius 1 is 1.05 bits per heavy atom. The van der Waals surface area contributed by atoms with E-state index in [2.05, 4.69) is 35.7 Å². The lowest BCUT2D eigenvalue weighted by atomic mass is 9.89. The van der Waals surface area contributed by atoms with E-state index in [1.807, 2.05) is 36.4 Å². The first kappa shape index (κ1) is 14.0. The maximum Gasteiger partial charge on any atom is 0.163 e. The zero-order valence-corrected chi connectivity index (χ0v) is 12.1. The molecule has 0 N–H and O–H groups in total. The molecule has 2 nitrogen and oxygen atoms in total. The van der Waals surface area contributed by atoms with Crippen LogP contribution in [0.15, 0.2) is 60.7 Å². The quantitative estimate of drug-likeness (QED) is 0.623. The third-order valence-electron chi connectivity index (χ3n) is 4.07. The molecule has 1 fully saturated rings. The molecule has 2 aromatic carbocycles. The van der Waals surface area contributed by atoms with E-state index >= 15 is 0 Å². The lowest BCUT2D eigenvalue weighted by Gasteiger charge is -2.40. The normalized spacial score (nSPS) is 19.3. The van der Waals surface area contributed by atoms with Gasteiger partial charge in [-0.25, -0.2) is 0 Å². The molecule has 108 valence electrons. The maximum atomic E-state index is 12.4. The minimum absolute atomic E-state index is 0.138. The molecule has 0 amide bonds. The second-order valence-electron chi connectivity index (χ2n) is 5.59. The molecule has 1 aliphatic heterocycles. The highest BCUT2D eigenvalue weighted by Crippen LogP contribution is 2.25. The molecule has 1 unspecified atom stereocenters. The SMILES string of the molecule is O=C(c1ccccc1)C1C[CH-]N(Cc2ccccc2)CC1. The van der Waals surface area contributed by atoms with Crippen LogP contribution in [0.4, 0.5) is 0 Å². The molecule has 1 saturated heterocycles. The van der Waals surface area contributed by atoms with Crippen LogP contribution in [0.1, 0.15) is 28.8 Å². The number of piperidine rings is 1. The Morgan fingerprint density at radius 2 is 1.71 bits per heavy atom. The molecule has 2 heteroatoms. The van der Waals surface area contributed by atoms with E-state index in [1.165, 1.54) is 5.56 Å². The molecule has 0 aliphatic carbocycles. The van der Waals surface area contributed by atoms with Crippen molar-refractivity contribution in [2.75, 3.05) is 6.54 Å². The van der Waals surface area contributed by atoms with Gasteiger partial charge in [0.25, 0.3) is 0 Å². The zero-order valence-electron chi connectivity index (χ0n) is 12.1. The number of carbonyl (C=O) groups excluding carboxylic acids is 1. The van der Waals surface area contributed by atoms with Gasteiger partial charge in [-0.3, -0.25) is 11.3 Å². The Labute approximate surface area is 126 Å². The van der Waals surface area contributed by atoms with Gasteiger partial charge in [-0.15, -0.1) is 0 Å². The van der Waals surface area contributed by atoms with Gasteiger partial charge in [-0.2, -0.15) is 6.42 Å². The minimum atomic E-state index is 0.138. The average molecular weight is 278 g/mol. The molecule has 2 aromatic rings. The maximum absolute atomic E-state index is 12.4. The monoisotopic (exact) mass is 278 g/mol. The van der Waals surface area contributed by atoms with E-state index in [0.29, 0.717) is 0 Å².